The monoisotopic (exact) mass is 293 g/mol. The van der Waals surface area contributed by atoms with E-state index in [1.54, 1.807) is 24.3 Å². The molecule has 6 nitrogen and oxygen atoms in total. The van der Waals surface area contributed by atoms with Gasteiger partial charge in [0.15, 0.2) is 0 Å². The highest BCUT2D eigenvalue weighted by Crippen LogP contribution is 2.36. The van der Waals surface area contributed by atoms with E-state index in [2.05, 4.69) is 10.2 Å². The standard InChI is InChI=1S/C13H15N3O3S/c1-8-9(4-5-18-8)10-14-15-12(19-10)20-7-13(2)6-16(3)11(13)17/h4-5H,6-7H2,1-3H3. The third-order valence-corrected chi connectivity index (χ3v) is 4.65. The molecule has 1 saturated heterocycles. The summed E-state index contributed by atoms with van der Waals surface area (Å²) in [5.41, 5.74) is 0.481. The summed E-state index contributed by atoms with van der Waals surface area (Å²) in [7, 11) is 1.81. The van der Waals surface area contributed by atoms with Crippen molar-refractivity contribution in [1.82, 2.24) is 15.1 Å². The topological polar surface area (TPSA) is 72.4 Å². The van der Waals surface area contributed by atoms with Gasteiger partial charge in [0.1, 0.15) is 5.76 Å². The highest BCUT2D eigenvalue weighted by atomic mass is 32.2. The Morgan fingerprint density at radius 1 is 1.50 bits per heavy atom. The van der Waals surface area contributed by atoms with Crippen LogP contribution in [0, 0.1) is 12.3 Å². The summed E-state index contributed by atoms with van der Waals surface area (Å²) in [6.07, 6.45) is 1.59. The van der Waals surface area contributed by atoms with Gasteiger partial charge >= 0.3 is 0 Å². The molecule has 0 aliphatic carbocycles. The molecule has 3 heterocycles. The zero-order valence-corrected chi connectivity index (χ0v) is 12.4. The van der Waals surface area contributed by atoms with Crippen molar-refractivity contribution in [3.05, 3.63) is 18.1 Å². The van der Waals surface area contributed by atoms with Crippen molar-refractivity contribution in [2.24, 2.45) is 5.41 Å². The van der Waals surface area contributed by atoms with Crippen LogP contribution in [0.2, 0.25) is 0 Å². The van der Waals surface area contributed by atoms with Crippen LogP contribution in [0.4, 0.5) is 0 Å². The fraction of sp³-hybridized carbons (Fsp3) is 0.462. The first-order chi connectivity index (χ1) is 9.49. The maximum atomic E-state index is 11.8. The molecular formula is C13H15N3O3S. The molecule has 1 atom stereocenters. The predicted molar refractivity (Wildman–Crippen MR) is 73.2 cm³/mol. The summed E-state index contributed by atoms with van der Waals surface area (Å²) >= 11 is 1.41. The average molecular weight is 293 g/mol. The highest BCUT2D eigenvalue weighted by Gasteiger charge is 2.46. The number of hydrogen-bond donors (Lipinski definition) is 0. The number of carbonyl (C=O) groups excluding carboxylic acids is 1. The molecule has 0 N–H and O–H groups in total. The lowest BCUT2D eigenvalue weighted by molar-refractivity contribution is -0.153. The van der Waals surface area contributed by atoms with Crippen LogP contribution in [0.25, 0.3) is 11.5 Å². The number of thioether (sulfide) groups is 1. The maximum absolute atomic E-state index is 11.8. The summed E-state index contributed by atoms with van der Waals surface area (Å²) in [4.78, 5) is 13.5. The first-order valence-electron chi connectivity index (χ1n) is 6.26. The van der Waals surface area contributed by atoms with E-state index in [0.29, 0.717) is 16.9 Å². The van der Waals surface area contributed by atoms with Gasteiger partial charge < -0.3 is 13.7 Å². The number of β-lactam (4-membered cyclic amide) rings is 1. The van der Waals surface area contributed by atoms with Gasteiger partial charge in [-0.05, 0) is 19.9 Å². The molecule has 0 radical (unpaired) electrons. The SMILES string of the molecule is Cc1occc1-c1nnc(SCC2(C)CN(C)C2=O)o1. The largest absolute Gasteiger partial charge is 0.469 e. The molecule has 3 rings (SSSR count). The van der Waals surface area contributed by atoms with E-state index in [0.717, 1.165) is 17.9 Å². The van der Waals surface area contributed by atoms with Gasteiger partial charge in [-0.25, -0.2) is 0 Å². The van der Waals surface area contributed by atoms with Crippen LogP contribution in [-0.2, 0) is 4.79 Å². The lowest BCUT2D eigenvalue weighted by Gasteiger charge is -2.44. The van der Waals surface area contributed by atoms with Crippen LogP contribution < -0.4 is 0 Å². The molecule has 1 aliphatic heterocycles. The minimum atomic E-state index is -0.320. The summed E-state index contributed by atoms with van der Waals surface area (Å²) < 4.78 is 10.8. The summed E-state index contributed by atoms with van der Waals surface area (Å²) in [5, 5.41) is 8.48. The van der Waals surface area contributed by atoms with Crippen LogP contribution in [0.15, 0.2) is 26.4 Å². The van der Waals surface area contributed by atoms with E-state index in [9.17, 15) is 4.79 Å². The second-order valence-corrected chi connectivity index (χ2v) is 6.20. The Hall–Kier alpha value is -1.76. The normalized spacial score (nSPS) is 22.1. The third-order valence-electron chi connectivity index (χ3n) is 3.46. The lowest BCUT2D eigenvalue weighted by Crippen LogP contribution is -2.59. The third kappa shape index (κ3) is 2.11. The predicted octanol–water partition coefficient (Wildman–Crippen LogP) is 2.21. The van der Waals surface area contributed by atoms with Gasteiger partial charge in [-0.15, -0.1) is 10.2 Å². The maximum Gasteiger partial charge on any atom is 0.276 e. The second-order valence-electron chi connectivity index (χ2n) is 5.27. The smallest absolute Gasteiger partial charge is 0.276 e. The van der Waals surface area contributed by atoms with E-state index < -0.39 is 0 Å². The van der Waals surface area contributed by atoms with Gasteiger partial charge in [0.05, 0.1) is 17.2 Å². The van der Waals surface area contributed by atoms with Gasteiger partial charge in [0.25, 0.3) is 11.1 Å². The fourth-order valence-corrected chi connectivity index (χ4v) is 3.24. The van der Waals surface area contributed by atoms with Gasteiger partial charge in [0.2, 0.25) is 5.91 Å². The first-order valence-corrected chi connectivity index (χ1v) is 7.24. The van der Waals surface area contributed by atoms with Gasteiger partial charge in [-0.1, -0.05) is 11.8 Å². The van der Waals surface area contributed by atoms with Crippen molar-refractivity contribution in [3.8, 4) is 11.5 Å². The van der Waals surface area contributed by atoms with E-state index in [1.165, 1.54) is 11.8 Å². The van der Waals surface area contributed by atoms with Crippen LogP contribution in [0.5, 0.6) is 0 Å². The van der Waals surface area contributed by atoms with E-state index in [4.69, 9.17) is 8.83 Å². The number of likely N-dealkylation sites (tertiary alicyclic amines) is 1. The Balaban J connectivity index is 1.67. The van der Waals surface area contributed by atoms with Crippen molar-refractivity contribution < 1.29 is 13.6 Å². The second kappa shape index (κ2) is 4.66. The molecular weight excluding hydrogens is 278 g/mol. The Labute approximate surface area is 120 Å². The van der Waals surface area contributed by atoms with Crippen molar-refractivity contribution in [2.75, 3.05) is 19.3 Å². The number of aryl methyl sites for hydroxylation is 1. The van der Waals surface area contributed by atoms with E-state index >= 15 is 0 Å². The number of carbonyl (C=O) groups is 1. The molecule has 0 saturated carbocycles. The molecule has 1 unspecified atom stereocenters. The summed E-state index contributed by atoms with van der Waals surface area (Å²) in [6.45, 7) is 4.57. The molecule has 2 aromatic rings. The number of rotatable bonds is 4. The molecule has 0 bridgehead atoms. The first kappa shape index (κ1) is 13.2. The molecule has 7 heteroatoms. The van der Waals surface area contributed by atoms with Crippen molar-refractivity contribution in [3.63, 3.8) is 0 Å². The Morgan fingerprint density at radius 2 is 2.30 bits per heavy atom. The average Bonchev–Trinajstić information content (AvgIpc) is 3.04. The van der Waals surface area contributed by atoms with Crippen molar-refractivity contribution in [2.45, 2.75) is 19.1 Å². The molecule has 1 aliphatic rings. The molecule has 1 fully saturated rings. The van der Waals surface area contributed by atoms with Gasteiger partial charge in [-0.2, -0.15) is 0 Å². The number of aromatic nitrogens is 2. The lowest BCUT2D eigenvalue weighted by atomic mass is 9.83. The molecule has 106 valence electrons. The van der Waals surface area contributed by atoms with Gasteiger partial charge in [-0.3, -0.25) is 4.79 Å². The van der Waals surface area contributed by atoms with Crippen molar-refractivity contribution in [1.29, 1.82) is 0 Å². The zero-order chi connectivity index (χ0) is 14.3. The minimum absolute atomic E-state index is 0.162. The Morgan fingerprint density at radius 3 is 2.90 bits per heavy atom. The van der Waals surface area contributed by atoms with Crippen LogP contribution in [-0.4, -0.2) is 40.3 Å². The summed E-state index contributed by atoms with van der Waals surface area (Å²) in [5.74, 6) is 1.99. The Bertz CT molecular complexity index is 651. The van der Waals surface area contributed by atoms with E-state index in [-0.39, 0.29) is 11.3 Å². The molecule has 0 spiro atoms. The quantitative estimate of drug-likeness (QED) is 0.635. The molecule has 20 heavy (non-hydrogen) atoms. The molecule has 0 aromatic carbocycles. The molecule has 2 aromatic heterocycles. The number of amides is 1. The number of nitrogens with zero attached hydrogens (tertiary/aromatic N) is 3. The number of hydrogen-bond acceptors (Lipinski definition) is 6. The van der Waals surface area contributed by atoms with Crippen LogP contribution in [0.3, 0.4) is 0 Å². The van der Waals surface area contributed by atoms with Crippen molar-refractivity contribution >= 4 is 17.7 Å². The molecule has 1 amide bonds. The minimum Gasteiger partial charge on any atom is -0.469 e. The van der Waals surface area contributed by atoms with Gasteiger partial charge in [0, 0.05) is 19.3 Å². The summed E-state index contributed by atoms with van der Waals surface area (Å²) in [6, 6.07) is 1.79. The fourth-order valence-electron chi connectivity index (χ4n) is 2.34. The van der Waals surface area contributed by atoms with Crippen LogP contribution >= 0.6 is 11.8 Å². The number of furan rings is 1. The highest BCUT2D eigenvalue weighted by molar-refractivity contribution is 7.99. The zero-order valence-electron chi connectivity index (χ0n) is 11.5. The van der Waals surface area contributed by atoms with Crippen LogP contribution in [0.1, 0.15) is 12.7 Å². The Kier molecular flexibility index (Phi) is 3.08. The van der Waals surface area contributed by atoms with E-state index in [1.807, 2.05) is 13.8 Å².